The van der Waals surface area contributed by atoms with Gasteiger partial charge in [0.15, 0.2) is 11.0 Å². The Morgan fingerprint density at radius 2 is 1.68 bits per heavy atom. The number of hydrogen-bond acceptors (Lipinski definition) is 7. The standard InChI is InChI=1S/C30H21ClN4O4S/c1-15-12-19-23(13-16(15)2)39-26-24(25(19)36)30(35(27(26)37)29-33-32-17(3)40-29)20-9-5-7-11-22(20)34(28(30)38)14-18-8-4-6-10-21(18)31/h4-13H,14H2,1-3H3. The molecule has 2 aliphatic rings. The van der Waals surface area contributed by atoms with Crippen molar-refractivity contribution in [3.8, 4) is 0 Å². The van der Waals surface area contributed by atoms with Gasteiger partial charge in [-0.1, -0.05) is 59.3 Å². The van der Waals surface area contributed by atoms with Crippen LogP contribution in [0.15, 0.2) is 69.9 Å². The number of para-hydroxylation sites is 1. The van der Waals surface area contributed by atoms with E-state index in [1.165, 1.54) is 16.2 Å². The molecular weight excluding hydrogens is 548 g/mol. The van der Waals surface area contributed by atoms with Gasteiger partial charge in [-0.2, -0.15) is 0 Å². The fourth-order valence-corrected chi connectivity index (χ4v) is 6.68. The number of rotatable bonds is 3. The lowest BCUT2D eigenvalue weighted by molar-refractivity contribution is -0.121. The predicted octanol–water partition coefficient (Wildman–Crippen LogP) is 5.67. The zero-order valence-electron chi connectivity index (χ0n) is 21.7. The van der Waals surface area contributed by atoms with Crippen molar-refractivity contribution in [1.82, 2.24) is 10.2 Å². The van der Waals surface area contributed by atoms with Gasteiger partial charge in [0.25, 0.3) is 11.8 Å². The summed E-state index contributed by atoms with van der Waals surface area (Å²) in [5, 5.41) is 9.98. The second-order valence-electron chi connectivity index (χ2n) is 10.0. The molecule has 2 aliphatic heterocycles. The number of aryl methyl sites for hydroxylation is 3. The topological polar surface area (TPSA) is 96.6 Å². The normalized spacial score (nSPS) is 17.8. The van der Waals surface area contributed by atoms with E-state index in [0.29, 0.717) is 26.7 Å². The molecule has 40 heavy (non-hydrogen) atoms. The third kappa shape index (κ3) is 3.16. The predicted molar refractivity (Wildman–Crippen MR) is 153 cm³/mol. The van der Waals surface area contributed by atoms with Crippen LogP contribution < -0.4 is 15.2 Å². The van der Waals surface area contributed by atoms with Crippen molar-refractivity contribution in [3.05, 3.63) is 114 Å². The molecule has 8 nitrogen and oxygen atoms in total. The van der Waals surface area contributed by atoms with Crippen molar-refractivity contribution in [1.29, 1.82) is 0 Å². The second-order valence-corrected chi connectivity index (χ2v) is 11.6. The Morgan fingerprint density at radius 3 is 2.42 bits per heavy atom. The highest BCUT2D eigenvalue weighted by atomic mass is 35.5. The Morgan fingerprint density at radius 1 is 0.950 bits per heavy atom. The molecule has 0 saturated heterocycles. The maximum atomic E-state index is 14.9. The molecule has 0 bridgehead atoms. The largest absolute Gasteiger partial charge is 0.450 e. The Labute approximate surface area is 237 Å². The molecule has 0 fully saturated rings. The monoisotopic (exact) mass is 568 g/mol. The SMILES string of the molecule is Cc1nnc(N2C(=O)c3oc4cc(C)c(C)cc4c(=O)c3C23C(=O)N(Cc2ccccc2Cl)c2ccccc23)s1. The summed E-state index contributed by atoms with van der Waals surface area (Å²) in [6.07, 6.45) is 0. The Balaban J connectivity index is 1.58. The van der Waals surface area contributed by atoms with Crippen LogP contribution in [0.4, 0.5) is 10.8 Å². The number of halogens is 1. The van der Waals surface area contributed by atoms with Crippen LogP contribution in [0.2, 0.25) is 5.02 Å². The van der Waals surface area contributed by atoms with Gasteiger partial charge < -0.3 is 9.32 Å². The smallest absolute Gasteiger partial charge is 0.297 e. The summed E-state index contributed by atoms with van der Waals surface area (Å²) in [5.74, 6) is -1.26. The molecule has 0 aliphatic carbocycles. The summed E-state index contributed by atoms with van der Waals surface area (Å²) in [6, 6.07) is 17.9. The summed E-state index contributed by atoms with van der Waals surface area (Å²) in [6.45, 7) is 5.71. The zero-order chi connectivity index (χ0) is 27.9. The lowest BCUT2D eigenvalue weighted by Crippen LogP contribution is -2.53. The first-order chi connectivity index (χ1) is 19.2. The number of hydrogen-bond donors (Lipinski definition) is 0. The van der Waals surface area contributed by atoms with Crippen LogP contribution in [-0.2, 0) is 16.9 Å². The summed E-state index contributed by atoms with van der Waals surface area (Å²) < 4.78 is 6.19. The quantitative estimate of drug-likeness (QED) is 0.278. The number of fused-ring (bicyclic) bond motifs is 5. The number of anilines is 2. The van der Waals surface area contributed by atoms with Crippen molar-refractivity contribution in [2.24, 2.45) is 0 Å². The van der Waals surface area contributed by atoms with E-state index < -0.39 is 22.8 Å². The van der Waals surface area contributed by atoms with Crippen molar-refractivity contribution < 1.29 is 14.0 Å². The van der Waals surface area contributed by atoms with Crippen LogP contribution in [0.1, 0.15) is 43.4 Å². The molecule has 1 atom stereocenters. The van der Waals surface area contributed by atoms with Gasteiger partial charge in [0.05, 0.1) is 23.2 Å². The van der Waals surface area contributed by atoms with Gasteiger partial charge in [0.2, 0.25) is 10.9 Å². The average Bonchev–Trinajstić information content (AvgIpc) is 3.55. The fraction of sp³-hybridized carbons (Fsp3) is 0.167. The Kier molecular flexibility index (Phi) is 5.29. The van der Waals surface area contributed by atoms with E-state index in [1.807, 2.05) is 38.1 Å². The first kappa shape index (κ1) is 24.7. The van der Waals surface area contributed by atoms with Crippen LogP contribution in [0.25, 0.3) is 11.0 Å². The molecule has 0 saturated carbocycles. The number of nitrogens with zero attached hydrogens (tertiary/aromatic N) is 4. The molecule has 4 heterocycles. The van der Waals surface area contributed by atoms with Crippen LogP contribution in [0.5, 0.6) is 0 Å². The average molecular weight is 569 g/mol. The van der Waals surface area contributed by atoms with Gasteiger partial charge >= 0.3 is 0 Å². The molecule has 2 aromatic heterocycles. The van der Waals surface area contributed by atoms with Gasteiger partial charge in [-0.15, -0.1) is 10.2 Å². The highest BCUT2D eigenvalue weighted by Crippen LogP contribution is 2.54. The molecule has 1 unspecified atom stereocenters. The molecule has 0 radical (unpaired) electrons. The third-order valence-corrected chi connectivity index (χ3v) is 8.93. The maximum absolute atomic E-state index is 14.9. The van der Waals surface area contributed by atoms with Crippen LogP contribution in [0, 0.1) is 20.8 Å². The van der Waals surface area contributed by atoms with Crippen LogP contribution in [0.3, 0.4) is 0 Å². The minimum atomic E-state index is -1.83. The second kappa shape index (κ2) is 8.58. The van der Waals surface area contributed by atoms with Crippen molar-refractivity contribution in [2.75, 3.05) is 9.80 Å². The van der Waals surface area contributed by atoms with Crippen molar-refractivity contribution >= 4 is 56.5 Å². The van der Waals surface area contributed by atoms with Gasteiger partial charge in [-0.05, 0) is 61.7 Å². The van der Waals surface area contributed by atoms with Crippen LogP contribution in [-0.4, -0.2) is 22.0 Å². The molecule has 5 aromatic rings. The molecule has 1 spiro atoms. The summed E-state index contributed by atoms with van der Waals surface area (Å²) in [7, 11) is 0. The zero-order valence-corrected chi connectivity index (χ0v) is 23.3. The first-order valence-electron chi connectivity index (χ1n) is 12.6. The van der Waals surface area contributed by atoms with E-state index in [1.54, 1.807) is 48.2 Å². The van der Waals surface area contributed by atoms with E-state index in [0.717, 1.165) is 16.7 Å². The first-order valence-corrected chi connectivity index (χ1v) is 13.8. The molecule has 10 heteroatoms. The van der Waals surface area contributed by atoms with Crippen molar-refractivity contribution in [2.45, 2.75) is 32.9 Å². The van der Waals surface area contributed by atoms with Crippen LogP contribution >= 0.6 is 22.9 Å². The number of amides is 2. The highest BCUT2D eigenvalue weighted by molar-refractivity contribution is 7.15. The Bertz CT molecular complexity index is 1980. The number of benzene rings is 3. The lowest BCUT2D eigenvalue weighted by Gasteiger charge is -2.32. The lowest BCUT2D eigenvalue weighted by atomic mass is 9.84. The summed E-state index contributed by atoms with van der Waals surface area (Å²) >= 11 is 7.66. The highest BCUT2D eigenvalue weighted by Gasteiger charge is 2.66. The number of carbonyl (C=O) groups excluding carboxylic acids is 2. The van der Waals surface area contributed by atoms with E-state index in [2.05, 4.69) is 10.2 Å². The van der Waals surface area contributed by atoms with E-state index in [4.69, 9.17) is 16.0 Å². The molecular formula is C30H21ClN4O4S. The van der Waals surface area contributed by atoms with Gasteiger partial charge in [0, 0.05) is 10.6 Å². The van der Waals surface area contributed by atoms with Crippen molar-refractivity contribution in [3.63, 3.8) is 0 Å². The molecule has 3 aromatic carbocycles. The van der Waals surface area contributed by atoms with Gasteiger partial charge in [-0.25, -0.2) is 0 Å². The fourth-order valence-electron chi connectivity index (χ4n) is 5.75. The molecule has 198 valence electrons. The summed E-state index contributed by atoms with van der Waals surface area (Å²) in [5.41, 5.74) is 1.61. The molecule has 0 N–H and O–H groups in total. The molecule has 2 amide bonds. The van der Waals surface area contributed by atoms with E-state index >= 15 is 0 Å². The summed E-state index contributed by atoms with van der Waals surface area (Å²) in [4.78, 5) is 46.4. The number of carbonyl (C=O) groups is 2. The third-order valence-electron chi connectivity index (χ3n) is 7.73. The van der Waals surface area contributed by atoms with Gasteiger partial charge in [0.1, 0.15) is 10.6 Å². The Hall–Kier alpha value is -4.34. The minimum Gasteiger partial charge on any atom is -0.450 e. The van der Waals surface area contributed by atoms with E-state index in [-0.39, 0.29) is 28.6 Å². The van der Waals surface area contributed by atoms with E-state index in [9.17, 15) is 14.4 Å². The van der Waals surface area contributed by atoms with Gasteiger partial charge in [-0.3, -0.25) is 19.3 Å². The molecule has 7 rings (SSSR count). The maximum Gasteiger partial charge on any atom is 0.297 e. The minimum absolute atomic E-state index is 0.0137. The number of aromatic nitrogens is 2.